The van der Waals surface area contributed by atoms with Crippen LogP contribution in [-0.2, 0) is 19.7 Å². The third-order valence-corrected chi connectivity index (χ3v) is 2.66. The van der Waals surface area contributed by atoms with E-state index in [-0.39, 0.29) is 5.41 Å². The van der Waals surface area contributed by atoms with Gasteiger partial charge in [-0.1, -0.05) is 32.9 Å². The Balaban J connectivity index is 2.58. The van der Waals surface area contributed by atoms with Gasteiger partial charge in [-0.15, -0.1) is 0 Å². The molecule has 0 radical (unpaired) electrons. The fraction of sp³-hybridized carbons (Fsp3) is 0.529. The molecule has 0 spiro atoms. The zero-order valence-corrected chi connectivity index (χ0v) is 13.6. The quantitative estimate of drug-likeness (QED) is 0.485. The van der Waals surface area contributed by atoms with E-state index in [0.29, 0.717) is 5.75 Å². The molecule has 1 aromatic rings. The standard InChI is InChI=1S/C17H24O4/c1-16(2,3)12-7-9-13(10-8-12)20-14(18)11-15(19)21-17(4,5)6/h7-10H,11H2,1-6H3. The van der Waals surface area contributed by atoms with Crippen LogP contribution in [0.4, 0.5) is 0 Å². The van der Waals surface area contributed by atoms with Crippen LogP contribution in [0.3, 0.4) is 0 Å². The average molecular weight is 292 g/mol. The number of benzene rings is 1. The third kappa shape index (κ3) is 6.43. The van der Waals surface area contributed by atoms with Crippen molar-refractivity contribution in [2.45, 2.75) is 59.0 Å². The molecular formula is C17H24O4. The van der Waals surface area contributed by atoms with Crippen LogP contribution in [-0.4, -0.2) is 17.5 Å². The molecule has 0 aliphatic carbocycles. The van der Waals surface area contributed by atoms with Crippen molar-refractivity contribution in [3.05, 3.63) is 29.8 Å². The zero-order chi connectivity index (χ0) is 16.3. The van der Waals surface area contributed by atoms with Gasteiger partial charge in [0.15, 0.2) is 0 Å². The fourth-order valence-corrected chi connectivity index (χ4v) is 1.69. The molecule has 0 heterocycles. The van der Waals surface area contributed by atoms with E-state index in [2.05, 4.69) is 20.8 Å². The molecule has 1 rings (SSSR count). The van der Waals surface area contributed by atoms with Crippen molar-refractivity contribution >= 4 is 11.9 Å². The lowest BCUT2D eigenvalue weighted by molar-refractivity contribution is -0.158. The molecule has 4 heteroatoms. The highest BCUT2D eigenvalue weighted by atomic mass is 16.6. The smallest absolute Gasteiger partial charge is 0.322 e. The van der Waals surface area contributed by atoms with Gasteiger partial charge >= 0.3 is 11.9 Å². The first kappa shape index (κ1) is 17.2. The van der Waals surface area contributed by atoms with Gasteiger partial charge < -0.3 is 9.47 Å². The summed E-state index contributed by atoms with van der Waals surface area (Å²) >= 11 is 0. The molecule has 116 valence electrons. The van der Waals surface area contributed by atoms with E-state index in [9.17, 15) is 9.59 Å². The molecular weight excluding hydrogens is 268 g/mol. The second-order valence-electron chi connectivity index (χ2n) is 7.01. The van der Waals surface area contributed by atoms with Crippen LogP contribution in [0.1, 0.15) is 53.5 Å². The number of carbonyl (C=O) groups is 2. The molecule has 0 aliphatic rings. The number of hydrogen-bond donors (Lipinski definition) is 0. The van der Waals surface area contributed by atoms with E-state index in [1.54, 1.807) is 32.9 Å². The maximum atomic E-state index is 11.7. The fourth-order valence-electron chi connectivity index (χ4n) is 1.69. The van der Waals surface area contributed by atoms with Crippen LogP contribution < -0.4 is 4.74 Å². The Morgan fingerprint density at radius 1 is 0.905 bits per heavy atom. The van der Waals surface area contributed by atoms with Crippen LogP contribution in [0.2, 0.25) is 0 Å². The molecule has 0 atom stereocenters. The molecule has 0 unspecified atom stereocenters. The summed E-state index contributed by atoms with van der Waals surface area (Å²) in [7, 11) is 0. The number of esters is 2. The molecule has 0 aliphatic heterocycles. The molecule has 0 amide bonds. The van der Waals surface area contributed by atoms with Crippen LogP contribution in [0.15, 0.2) is 24.3 Å². The number of carbonyl (C=O) groups excluding carboxylic acids is 2. The molecule has 1 aromatic carbocycles. The average Bonchev–Trinajstić information content (AvgIpc) is 2.25. The first-order valence-electron chi connectivity index (χ1n) is 7.00. The molecule has 0 fully saturated rings. The van der Waals surface area contributed by atoms with Gasteiger partial charge in [-0.05, 0) is 43.9 Å². The first-order valence-corrected chi connectivity index (χ1v) is 7.00. The Kier molecular flexibility index (Phi) is 5.15. The van der Waals surface area contributed by atoms with E-state index < -0.39 is 24.0 Å². The normalized spacial score (nSPS) is 11.9. The lowest BCUT2D eigenvalue weighted by Gasteiger charge is -2.19. The van der Waals surface area contributed by atoms with Gasteiger partial charge in [0.1, 0.15) is 17.8 Å². The summed E-state index contributed by atoms with van der Waals surface area (Å²) in [6, 6.07) is 7.29. The van der Waals surface area contributed by atoms with Crippen LogP contribution >= 0.6 is 0 Å². The summed E-state index contributed by atoms with van der Waals surface area (Å²) in [4.78, 5) is 23.2. The molecule has 4 nitrogen and oxygen atoms in total. The first-order chi connectivity index (χ1) is 9.47. The number of hydrogen-bond acceptors (Lipinski definition) is 4. The predicted octanol–water partition coefficient (Wildman–Crippen LogP) is 3.62. The van der Waals surface area contributed by atoms with Gasteiger partial charge in [0.2, 0.25) is 0 Å². The summed E-state index contributed by atoms with van der Waals surface area (Å²) in [5.41, 5.74) is 0.583. The molecule has 0 bridgehead atoms. The van der Waals surface area contributed by atoms with E-state index in [1.165, 1.54) is 0 Å². The lowest BCUT2D eigenvalue weighted by atomic mass is 9.87. The van der Waals surface area contributed by atoms with Crippen molar-refractivity contribution in [1.82, 2.24) is 0 Å². The van der Waals surface area contributed by atoms with Crippen molar-refractivity contribution in [2.24, 2.45) is 0 Å². The SMILES string of the molecule is CC(C)(C)OC(=O)CC(=O)Oc1ccc(C(C)(C)C)cc1. The third-order valence-electron chi connectivity index (χ3n) is 2.66. The van der Waals surface area contributed by atoms with Crippen LogP contribution in [0.5, 0.6) is 5.75 Å². The molecule has 0 saturated carbocycles. The van der Waals surface area contributed by atoms with E-state index in [4.69, 9.17) is 9.47 Å². The van der Waals surface area contributed by atoms with Crippen LogP contribution in [0.25, 0.3) is 0 Å². The van der Waals surface area contributed by atoms with Gasteiger partial charge in [-0.3, -0.25) is 9.59 Å². The van der Waals surface area contributed by atoms with Gasteiger partial charge in [-0.25, -0.2) is 0 Å². The van der Waals surface area contributed by atoms with Crippen molar-refractivity contribution < 1.29 is 19.1 Å². The van der Waals surface area contributed by atoms with Crippen molar-refractivity contribution in [3.63, 3.8) is 0 Å². The van der Waals surface area contributed by atoms with Crippen LogP contribution in [0, 0.1) is 0 Å². The summed E-state index contributed by atoms with van der Waals surface area (Å²) in [5.74, 6) is -0.775. The highest BCUT2D eigenvalue weighted by Crippen LogP contribution is 2.24. The molecule has 0 saturated heterocycles. The van der Waals surface area contributed by atoms with Gasteiger partial charge in [-0.2, -0.15) is 0 Å². The van der Waals surface area contributed by atoms with Crippen molar-refractivity contribution in [3.8, 4) is 5.75 Å². The molecule has 0 aromatic heterocycles. The van der Waals surface area contributed by atoms with E-state index in [1.807, 2.05) is 12.1 Å². The summed E-state index contributed by atoms with van der Waals surface area (Å²) < 4.78 is 10.2. The number of ether oxygens (including phenoxy) is 2. The predicted molar refractivity (Wildman–Crippen MR) is 81.2 cm³/mol. The molecule has 21 heavy (non-hydrogen) atoms. The largest absolute Gasteiger partial charge is 0.460 e. The minimum absolute atomic E-state index is 0.0407. The minimum atomic E-state index is -0.618. The second-order valence-corrected chi connectivity index (χ2v) is 7.01. The maximum Gasteiger partial charge on any atom is 0.322 e. The Labute approximate surface area is 126 Å². The Bertz CT molecular complexity index is 501. The Morgan fingerprint density at radius 2 is 1.43 bits per heavy atom. The Morgan fingerprint density at radius 3 is 1.86 bits per heavy atom. The number of rotatable bonds is 3. The monoisotopic (exact) mass is 292 g/mol. The topological polar surface area (TPSA) is 52.6 Å². The van der Waals surface area contributed by atoms with E-state index in [0.717, 1.165) is 5.56 Å². The van der Waals surface area contributed by atoms with Gasteiger partial charge in [0.25, 0.3) is 0 Å². The van der Waals surface area contributed by atoms with Gasteiger partial charge in [0, 0.05) is 0 Å². The van der Waals surface area contributed by atoms with E-state index >= 15 is 0 Å². The van der Waals surface area contributed by atoms with Gasteiger partial charge in [0.05, 0.1) is 0 Å². The minimum Gasteiger partial charge on any atom is -0.460 e. The lowest BCUT2D eigenvalue weighted by Crippen LogP contribution is -2.26. The summed E-state index contributed by atoms with van der Waals surface area (Å²) in [5, 5.41) is 0. The molecule has 0 N–H and O–H groups in total. The van der Waals surface area contributed by atoms with Crippen molar-refractivity contribution in [2.75, 3.05) is 0 Å². The summed E-state index contributed by atoms with van der Waals surface area (Å²) in [6.45, 7) is 11.6. The summed E-state index contributed by atoms with van der Waals surface area (Å²) in [6.07, 6.45) is -0.391. The highest BCUT2D eigenvalue weighted by Gasteiger charge is 2.20. The zero-order valence-electron chi connectivity index (χ0n) is 13.6. The maximum absolute atomic E-state index is 11.7. The van der Waals surface area contributed by atoms with Crippen molar-refractivity contribution in [1.29, 1.82) is 0 Å². The highest BCUT2D eigenvalue weighted by molar-refractivity contribution is 5.92. The Hall–Kier alpha value is -1.84. The second kappa shape index (κ2) is 6.29.